The third-order valence-corrected chi connectivity index (χ3v) is 2.73. The minimum atomic E-state index is -0.431. The molecule has 0 aliphatic carbocycles. The fourth-order valence-corrected chi connectivity index (χ4v) is 1.82. The summed E-state index contributed by atoms with van der Waals surface area (Å²) < 4.78 is 10.4. The second kappa shape index (κ2) is 6.09. The van der Waals surface area contributed by atoms with Crippen LogP contribution in [0.4, 0.5) is 0 Å². The third-order valence-electron chi connectivity index (χ3n) is 2.73. The molecule has 1 fully saturated rings. The Hall–Kier alpha value is -0.980. The van der Waals surface area contributed by atoms with Crippen molar-refractivity contribution in [3.05, 3.63) is 11.7 Å². The van der Waals surface area contributed by atoms with Crippen LogP contribution in [-0.4, -0.2) is 59.1 Å². The molecule has 17 heavy (non-hydrogen) atoms. The molecule has 0 spiro atoms. The van der Waals surface area contributed by atoms with Crippen LogP contribution in [0.1, 0.15) is 18.6 Å². The van der Waals surface area contributed by atoms with Gasteiger partial charge in [-0.05, 0) is 6.92 Å². The van der Waals surface area contributed by atoms with Crippen molar-refractivity contribution in [2.75, 3.05) is 32.8 Å². The van der Waals surface area contributed by atoms with Crippen molar-refractivity contribution in [3.63, 3.8) is 0 Å². The normalized spacial score (nSPS) is 19.4. The molecule has 1 aromatic heterocycles. The predicted molar refractivity (Wildman–Crippen MR) is 60.6 cm³/mol. The second-order valence-corrected chi connectivity index (χ2v) is 4.36. The highest BCUT2D eigenvalue weighted by Gasteiger charge is 2.13. The Balaban J connectivity index is 1.76. The number of rotatable bonds is 5. The highest BCUT2D eigenvalue weighted by atomic mass is 16.5. The molecule has 1 N–H and O–H groups in total. The van der Waals surface area contributed by atoms with Crippen LogP contribution in [0, 0.1) is 0 Å². The number of aliphatic hydroxyl groups is 1. The van der Waals surface area contributed by atoms with E-state index in [1.807, 2.05) is 0 Å². The smallest absolute Gasteiger partial charge is 0.227 e. The first-order valence-electron chi connectivity index (χ1n) is 6.03. The summed E-state index contributed by atoms with van der Waals surface area (Å²) >= 11 is 0. The standard InChI is InChI=1S/C11H19N3O3/c1-9(15)8-10-12-11(17-13-10)2-3-14-4-6-16-7-5-14/h9,15H,2-8H2,1H3. The lowest BCUT2D eigenvalue weighted by Crippen LogP contribution is -2.37. The molecule has 0 radical (unpaired) electrons. The molecule has 0 bridgehead atoms. The van der Waals surface area contributed by atoms with Crippen molar-refractivity contribution in [1.29, 1.82) is 0 Å². The van der Waals surface area contributed by atoms with Crippen LogP contribution < -0.4 is 0 Å². The number of aliphatic hydroxyl groups excluding tert-OH is 1. The van der Waals surface area contributed by atoms with E-state index < -0.39 is 6.10 Å². The Morgan fingerprint density at radius 1 is 1.41 bits per heavy atom. The zero-order valence-electron chi connectivity index (χ0n) is 10.1. The van der Waals surface area contributed by atoms with Crippen molar-refractivity contribution in [3.8, 4) is 0 Å². The van der Waals surface area contributed by atoms with Crippen molar-refractivity contribution >= 4 is 0 Å². The average Bonchev–Trinajstić information content (AvgIpc) is 2.75. The van der Waals surface area contributed by atoms with E-state index in [1.165, 1.54) is 0 Å². The first-order chi connectivity index (χ1) is 8.24. The SMILES string of the molecule is CC(O)Cc1noc(CCN2CCOCC2)n1. The molecule has 1 aliphatic heterocycles. The minimum absolute atomic E-state index is 0.431. The first-order valence-corrected chi connectivity index (χ1v) is 6.03. The van der Waals surface area contributed by atoms with Crippen molar-refractivity contribution in [2.45, 2.75) is 25.9 Å². The summed E-state index contributed by atoms with van der Waals surface area (Å²) in [4.78, 5) is 6.56. The average molecular weight is 241 g/mol. The number of morpholine rings is 1. The lowest BCUT2D eigenvalue weighted by molar-refractivity contribution is 0.0375. The molecular weight excluding hydrogens is 222 g/mol. The van der Waals surface area contributed by atoms with Crippen LogP contribution >= 0.6 is 0 Å². The zero-order valence-corrected chi connectivity index (χ0v) is 10.1. The Bertz CT molecular complexity index is 334. The number of aromatic nitrogens is 2. The van der Waals surface area contributed by atoms with E-state index in [9.17, 15) is 5.11 Å². The largest absolute Gasteiger partial charge is 0.393 e. The Labute approximate surface area is 101 Å². The van der Waals surface area contributed by atoms with Crippen molar-refractivity contribution in [1.82, 2.24) is 15.0 Å². The molecule has 6 nitrogen and oxygen atoms in total. The van der Waals surface area contributed by atoms with E-state index in [0.29, 0.717) is 18.1 Å². The summed E-state index contributed by atoms with van der Waals surface area (Å²) in [6, 6.07) is 0. The molecule has 1 aliphatic rings. The van der Waals surface area contributed by atoms with Gasteiger partial charge in [-0.3, -0.25) is 4.90 Å². The Kier molecular flexibility index (Phi) is 4.47. The van der Waals surface area contributed by atoms with Gasteiger partial charge in [0.2, 0.25) is 5.89 Å². The molecule has 6 heteroatoms. The molecule has 0 amide bonds. The fourth-order valence-electron chi connectivity index (χ4n) is 1.82. The molecule has 2 heterocycles. The lowest BCUT2D eigenvalue weighted by Gasteiger charge is -2.25. The molecule has 1 unspecified atom stereocenters. The van der Waals surface area contributed by atoms with Crippen molar-refractivity contribution in [2.24, 2.45) is 0 Å². The number of hydrogen-bond acceptors (Lipinski definition) is 6. The van der Waals surface area contributed by atoms with E-state index in [2.05, 4.69) is 15.0 Å². The Morgan fingerprint density at radius 3 is 2.88 bits per heavy atom. The van der Waals surface area contributed by atoms with Gasteiger partial charge >= 0.3 is 0 Å². The molecule has 96 valence electrons. The maximum atomic E-state index is 9.21. The van der Waals surface area contributed by atoms with Crippen LogP contribution in [0.3, 0.4) is 0 Å². The van der Waals surface area contributed by atoms with Gasteiger partial charge in [0.1, 0.15) is 0 Å². The van der Waals surface area contributed by atoms with Gasteiger partial charge in [0, 0.05) is 32.5 Å². The minimum Gasteiger partial charge on any atom is -0.393 e. The summed E-state index contributed by atoms with van der Waals surface area (Å²) in [6.07, 6.45) is 0.771. The van der Waals surface area contributed by atoms with Crippen LogP contribution in [-0.2, 0) is 17.6 Å². The number of nitrogens with zero attached hydrogens (tertiary/aromatic N) is 3. The monoisotopic (exact) mass is 241 g/mol. The number of hydrogen-bond donors (Lipinski definition) is 1. The van der Waals surface area contributed by atoms with Gasteiger partial charge < -0.3 is 14.4 Å². The van der Waals surface area contributed by atoms with E-state index >= 15 is 0 Å². The van der Waals surface area contributed by atoms with Gasteiger partial charge in [-0.15, -0.1) is 0 Å². The van der Waals surface area contributed by atoms with E-state index in [1.54, 1.807) is 6.92 Å². The topological polar surface area (TPSA) is 71.6 Å². The van der Waals surface area contributed by atoms with Gasteiger partial charge in [0.15, 0.2) is 5.82 Å². The number of ether oxygens (including phenoxy) is 1. The van der Waals surface area contributed by atoms with E-state index in [0.717, 1.165) is 39.3 Å². The van der Waals surface area contributed by atoms with Crippen LogP contribution in [0.5, 0.6) is 0 Å². The summed E-state index contributed by atoms with van der Waals surface area (Å²) in [5, 5.41) is 13.0. The van der Waals surface area contributed by atoms with Gasteiger partial charge in [0.05, 0.1) is 19.3 Å². The molecule has 1 saturated heterocycles. The molecule has 1 atom stereocenters. The van der Waals surface area contributed by atoms with Crippen LogP contribution in [0.25, 0.3) is 0 Å². The molecule has 1 aromatic rings. The molecule has 0 saturated carbocycles. The van der Waals surface area contributed by atoms with Crippen LogP contribution in [0.15, 0.2) is 4.52 Å². The van der Waals surface area contributed by atoms with Crippen molar-refractivity contribution < 1.29 is 14.4 Å². The van der Waals surface area contributed by atoms with E-state index in [4.69, 9.17) is 9.26 Å². The maximum Gasteiger partial charge on any atom is 0.227 e. The summed E-state index contributed by atoms with van der Waals surface area (Å²) in [5.74, 6) is 1.23. The quantitative estimate of drug-likeness (QED) is 0.774. The first kappa shape index (κ1) is 12.5. The van der Waals surface area contributed by atoms with Gasteiger partial charge in [0.25, 0.3) is 0 Å². The summed E-state index contributed by atoms with van der Waals surface area (Å²) in [6.45, 7) is 6.17. The van der Waals surface area contributed by atoms with Gasteiger partial charge in [-0.2, -0.15) is 4.98 Å². The third kappa shape index (κ3) is 4.07. The highest BCUT2D eigenvalue weighted by Crippen LogP contribution is 2.04. The summed E-state index contributed by atoms with van der Waals surface area (Å²) in [7, 11) is 0. The molecule has 2 rings (SSSR count). The van der Waals surface area contributed by atoms with E-state index in [-0.39, 0.29) is 0 Å². The predicted octanol–water partition coefficient (Wildman–Crippen LogP) is -0.132. The Morgan fingerprint density at radius 2 is 2.18 bits per heavy atom. The maximum absolute atomic E-state index is 9.21. The summed E-state index contributed by atoms with van der Waals surface area (Å²) in [5.41, 5.74) is 0. The molecule has 0 aromatic carbocycles. The van der Waals surface area contributed by atoms with Crippen LogP contribution in [0.2, 0.25) is 0 Å². The highest BCUT2D eigenvalue weighted by molar-refractivity contribution is 4.88. The van der Waals surface area contributed by atoms with Gasteiger partial charge in [-0.1, -0.05) is 5.16 Å². The van der Waals surface area contributed by atoms with Gasteiger partial charge in [-0.25, -0.2) is 0 Å². The fraction of sp³-hybridized carbons (Fsp3) is 0.818. The second-order valence-electron chi connectivity index (χ2n) is 4.36. The zero-order chi connectivity index (χ0) is 12.1. The molecular formula is C11H19N3O3. The lowest BCUT2D eigenvalue weighted by atomic mass is 10.3.